The number of piperidine rings is 1. The molecule has 0 spiro atoms. The number of aliphatic hydroxyl groups excluding tert-OH is 2. The van der Waals surface area contributed by atoms with Crippen LogP contribution >= 0.6 is 0 Å². The van der Waals surface area contributed by atoms with Gasteiger partial charge in [-0.05, 0) is 18.4 Å². The number of carbonyl (C=O) groups is 1. The highest BCUT2D eigenvalue weighted by atomic mass is 16.3. The van der Waals surface area contributed by atoms with Crippen LogP contribution in [0.25, 0.3) is 0 Å². The molecule has 0 bridgehead atoms. The Labute approximate surface area is 117 Å². The molecule has 3 N–H and O–H groups in total. The Balaban J connectivity index is 1.88. The van der Waals surface area contributed by atoms with Crippen molar-refractivity contribution in [3.63, 3.8) is 0 Å². The highest BCUT2D eigenvalue weighted by Crippen LogP contribution is 2.22. The van der Waals surface area contributed by atoms with Crippen molar-refractivity contribution in [1.82, 2.24) is 14.7 Å². The molecule has 1 aromatic heterocycles. The van der Waals surface area contributed by atoms with Crippen LogP contribution in [0.3, 0.4) is 0 Å². The van der Waals surface area contributed by atoms with Crippen molar-refractivity contribution >= 4 is 5.91 Å². The van der Waals surface area contributed by atoms with E-state index in [0.29, 0.717) is 25.9 Å². The van der Waals surface area contributed by atoms with Crippen LogP contribution in [-0.2, 0) is 18.3 Å². The second-order valence-electron chi connectivity index (χ2n) is 5.45. The normalized spacial score (nSPS) is 19.9. The van der Waals surface area contributed by atoms with E-state index >= 15 is 0 Å². The van der Waals surface area contributed by atoms with Crippen molar-refractivity contribution in [1.29, 1.82) is 0 Å². The van der Waals surface area contributed by atoms with Gasteiger partial charge >= 0.3 is 0 Å². The predicted molar refractivity (Wildman–Crippen MR) is 70.8 cm³/mol. The van der Waals surface area contributed by atoms with Gasteiger partial charge in [0.05, 0.1) is 18.4 Å². The van der Waals surface area contributed by atoms with Gasteiger partial charge in [0, 0.05) is 32.8 Å². The summed E-state index contributed by atoms with van der Waals surface area (Å²) in [6.45, 7) is 0.396. The van der Waals surface area contributed by atoms with Crippen LogP contribution in [0.4, 0.5) is 0 Å². The molecule has 1 fully saturated rings. The molecule has 1 amide bonds. The second kappa shape index (κ2) is 5.90. The summed E-state index contributed by atoms with van der Waals surface area (Å²) in [4.78, 5) is 13.6. The summed E-state index contributed by atoms with van der Waals surface area (Å²) in [6.07, 6.45) is 3.17. The first-order valence-corrected chi connectivity index (χ1v) is 6.71. The van der Waals surface area contributed by atoms with Gasteiger partial charge in [-0.1, -0.05) is 0 Å². The number of aryl methyl sites for hydroxylation is 1. The Morgan fingerprint density at radius 2 is 2.15 bits per heavy atom. The lowest BCUT2D eigenvalue weighted by atomic mass is 9.92. The standard InChI is InChI=1S/C13H21N3O4/c1-15-8-10(7-14-15)6-11(18)12(19)16-4-2-13(20,9-17)3-5-16/h7-8,11,17-18,20H,2-6,9H2,1H3. The molecule has 1 atom stereocenters. The zero-order valence-electron chi connectivity index (χ0n) is 11.6. The SMILES string of the molecule is Cn1cc(CC(O)C(=O)N2CCC(O)(CO)CC2)cn1. The maximum absolute atomic E-state index is 12.1. The summed E-state index contributed by atoms with van der Waals surface area (Å²) in [5, 5.41) is 32.9. The monoisotopic (exact) mass is 283 g/mol. The Morgan fingerprint density at radius 1 is 1.50 bits per heavy atom. The number of nitrogens with zero attached hydrogens (tertiary/aromatic N) is 3. The van der Waals surface area contributed by atoms with E-state index in [-0.39, 0.29) is 18.9 Å². The quantitative estimate of drug-likeness (QED) is 0.636. The molecule has 7 heteroatoms. The maximum Gasteiger partial charge on any atom is 0.251 e. The van der Waals surface area contributed by atoms with Crippen LogP contribution in [0.5, 0.6) is 0 Å². The van der Waals surface area contributed by atoms with Gasteiger partial charge in [0.15, 0.2) is 0 Å². The molecule has 0 radical (unpaired) electrons. The number of hydrogen-bond acceptors (Lipinski definition) is 5. The fraction of sp³-hybridized carbons (Fsp3) is 0.692. The zero-order valence-corrected chi connectivity index (χ0v) is 11.6. The van der Waals surface area contributed by atoms with Crippen molar-refractivity contribution in [3.8, 4) is 0 Å². The van der Waals surface area contributed by atoms with Crippen LogP contribution in [0.15, 0.2) is 12.4 Å². The molecule has 0 aromatic carbocycles. The van der Waals surface area contributed by atoms with Gasteiger partial charge in [-0.3, -0.25) is 9.48 Å². The van der Waals surface area contributed by atoms with Crippen LogP contribution in [0.2, 0.25) is 0 Å². The third-order valence-electron chi connectivity index (χ3n) is 3.77. The summed E-state index contributed by atoms with van der Waals surface area (Å²) < 4.78 is 1.62. The number of amides is 1. The number of aromatic nitrogens is 2. The van der Waals surface area contributed by atoms with Gasteiger partial charge in [-0.15, -0.1) is 0 Å². The number of carbonyl (C=O) groups excluding carboxylic acids is 1. The van der Waals surface area contributed by atoms with E-state index in [1.807, 2.05) is 0 Å². The Bertz CT molecular complexity index is 466. The van der Waals surface area contributed by atoms with Crippen LogP contribution in [-0.4, -0.2) is 67.3 Å². The topological polar surface area (TPSA) is 98.8 Å². The van der Waals surface area contributed by atoms with Crippen LogP contribution in [0, 0.1) is 0 Å². The molecular weight excluding hydrogens is 262 g/mol. The minimum atomic E-state index is -1.10. The lowest BCUT2D eigenvalue weighted by molar-refractivity contribution is -0.145. The molecule has 112 valence electrons. The second-order valence-corrected chi connectivity index (χ2v) is 5.45. The van der Waals surface area contributed by atoms with Gasteiger partial charge in [0.2, 0.25) is 0 Å². The Hall–Kier alpha value is -1.44. The minimum Gasteiger partial charge on any atom is -0.393 e. The molecule has 1 aliphatic heterocycles. The zero-order chi connectivity index (χ0) is 14.8. The first-order chi connectivity index (χ1) is 9.43. The van der Waals surface area contributed by atoms with E-state index in [9.17, 15) is 15.0 Å². The first-order valence-electron chi connectivity index (χ1n) is 6.71. The molecule has 1 saturated heterocycles. The highest BCUT2D eigenvalue weighted by Gasteiger charge is 2.34. The van der Waals surface area contributed by atoms with Crippen molar-refractivity contribution < 1.29 is 20.1 Å². The minimum absolute atomic E-state index is 0.230. The van der Waals surface area contributed by atoms with Gasteiger partial charge in [-0.25, -0.2) is 0 Å². The summed E-state index contributed by atoms with van der Waals surface area (Å²) in [5.41, 5.74) is -0.289. The van der Waals surface area contributed by atoms with Crippen LogP contribution in [0.1, 0.15) is 18.4 Å². The lowest BCUT2D eigenvalue weighted by Gasteiger charge is -2.37. The number of aliphatic hydroxyl groups is 3. The summed E-state index contributed by atoms with van der Waals surface area (Å²) in [7, 11) is 1.78. The average molecular weight is 283 g/mol. The average Bonchev–Trinajstić information content (AvgIpc) is 2.84. The Kier molecular flexibility index (Phi) is 4.42. The van der Waals surface area contributed by atoms with Crippen molar-refractivity contribution in [2.24, 2.45) is 7.05 Å². The molecule has 1 aliphatic rings. The predicted octanol–water partition coefficient (Wildman–Crippen LogP) is -1.33. The molecule has 2 heterocycles. The number of hydrogen-bond donors (Lipinski definition) is 3. The van der Waals surface area contributed by atoms with Gasteiger partial charge in [-0.2, -0.15) is 5.10 Å². The summed E-state index contributed by atoms with van der Waals surface area (Å²) >= 11 is 0. The summed E-state index contributed by atoms with van der Waals surface area (Å²) in [5.74, 6) is -0.339. The van der Waals surface area contributed by atoms with E-state index in [1.165, 1.54) is 4.90 Å². The van der Waals surface area contributed by atoms with Crippen molar-refractivity contribution in [3.05, 3.63) is 18.0 Å². The summed E-state index contributed by atoms with van der Waals surface area (Å²) in [6, 6.07) is 0. The number of rotatable bonds is 4. The van der Waals surface area contributed by atoms with E-state index < -0.39 is 11.7 Å². The molecule has 1 aromatic rings. The largest absolute Gasteiger partial charge is 0.393 e. The van der Waals surface area contributed by atoms with Gasteiger partial charge in [0.25, 0.3) is 5.91 Å². The van der Waals surface area contributed by atoms with E-state index in [1.54, 1.807) is 24.1 Å². The van der Waals surface area contributed by atoms with Crippen molar-refractivity contribution in [2.75, 3.05) is 19.7 Å². The lowest BCUT2D eigenvalue weighted by Crippen LogP contribution is -2.51. The molecule has 0 aliphatic carbocycles. The number of likely N-dealkylation sites (tertiary alicyclic amines) is 1. The smallest absolute Gasteiger partial charge is 0.251 e. The van der Waals surface area contributed by atoms with E-state index in [2.05, 4.69) is 5.10 Å². The fourth-order valence-corrected chi connectivity index (χ4v) is 2.40. The Morgan fingerprint density at radius 3 is 2.65 bits per heavy atom. The van der Waals surface area contributed by atoms with Gasteiger partial charge in [0.1, 0.15) is 6.10 Å². The molecule has 0 saturated carbocycles. The third-order valence-corrected chi connectivity index (χ3v) is 3.77. The molecule has 7 nitrogen and oxygen atoms in total. The molecule has 20 heavy (non-hydrogen) atoms. The van der Waals surface area contributed by atoms with Crippen LogP contribution < -0.4 is 0 Å². The van der Waals surface area contributed by atoms with E-state index in [0.717, 1.165) is 5.56 Å². The molecular formula is C13H21N3O4. The first kappa shape index (κ1) is 15.0. The van der Waals surface area contributed by atoms with Gasteiger partial charge < -0.3 is 20.2 Å². The maximum atomic E-state index is 12.1. The molecule has 2 rings (SSSR count). The highest BCUT2D eigenvalue weighted by molar-refractivity contribution is 5.81. The van der Waals surface area contributed by atoms with E-state index in [4.69, 9.17) is 5.11 Å². The fourth-order valence-electron chi connectivity index (χ4n) is 2.40. The molecule has 1 unspecified atom stereocenters. The van der Waals surface area contributed by atoms with Crippen molar-refractivity contribution in [2.45, 2.75) is 31.0 Å². The third kappa shape index (κ3) is 3.36.